The van der Waals surface area contributed by atoms with Gasteiger partial charge in [0.05, 0.1) is 16.6 Å². The molecular formula is C83H57N3S. The highest BCUT2D eigenvalue weighted by Gasteiger charge is 2.46. The summed E-state index contributed by atoms with van der Waals surface area (Å²) >= 11 is 1.68. The summed E-state index contributed by atoms with van der Waals surface area (Å²) in [4.78, 5) is 6.66. The lowest BCUT2D eigenvalue weighted by Crippen LogP contribution is -2.28. The predicted octanol–water partition coefficient (Wildman–Crippen LogP) is 23.3. The molecule has 0 spiro atoms. The van der Waals surface area contributed by atoms with Crippen LogP contribution in [0.25, 0.3) is 64.3 Å². The second kappa shape index (κ2) is 21.9. The number of thiophene rings is 1. The minimum atomic E-state index is -0.744. The number of para-hydroxylation sites is 4. The van der Waals surface area contributed by atoms with Crippen LogP contribution in [-0.2, 0) is 5.41 Å². The molecule has 0 fully saturated rings. The molecule has 1 aromatic heterocycles. The molecule has 0 radical (unpaired) electrons. The Morgan fingerprint density at radius 3 is 1.37 bits per heavy atom. The van der Waals surface area contributed by atoms with E-state index in [1.54, 1.807) is 11.3 Å². The fourth-order valence-electron chi connectivity index (χ4n) is 13.5. The van der Waals surface area contributed by atoms with E-state index < -0.39 is 5.41 Å². The molecule has 0 aliphatic heterocycles. The first-order valence-electron chi connectivity index (χ1n) is 31.5. The van der Waals surface area contributed by atoms with Gasteiger partial charge >= 0.3 is 0 Å². The number of anilines is 9. The van der Waals surface area contributed by atoms with Crippen LogP contribution in [0.5, 0.6) is 0 Å². The number of rotatable bonds is 13. The maximum absolute atomic E-state index is 10.8. The van der Waals surface area contributed by atoms with Crippen molar-refractivity contribution in [3.05, 3.63) is 368 Å². The summed E-state index contributed by atoms with van der Waals surface area (Å²) in [6, 6.07) is 112. The van der Waals surface area contributed by atoms with E-state index >= 15 is 0 Å². The Hall–Kier alpha value is -11.0. The minimum absolute atomic E-state index is 0.0230. The van der Waals surface area contributed by atoms with Gasteiger partial charge in [0.1, 0.15) is 0 Å². The molecule has 14 aromatic carbocycles. The van der Waals surface area contributed by atoms with Crippen molar-refractivity contribution < 1.29 is 5.48 Å². The molecular weight excluding hydrogens is 1070 g/mol. The fraction of sp³-hybridized carbons (Fsp3) is 0.0120. The van der Waals surface area contributed by atoms with Gasteiger partial charge in [-0.05, 0) is 169 Å². The summed E-state index contributed by atoms with van der Waals surface area (Å²) in [5.74, 6) is 0. The normalized spacial score (nSPS) is 12.9. The topological polar surface area (TPSA) is 9.72 Å². The Morgan fingerprint density at radius 2 is 0.747 bits per heavy atom. The summed E-state index contributed by atoms with van der Waals surface area (Å²) in [6.45, 7) is 0. The van der Waals surface area contributed by atoms with Crippen LogP contribution in [0.4, 0.5) is 51.2 Å². The molecule has 410 valence electrons. The third-order valence-corrected chi connectivity index (χ3v) is 18.2. The van der Waals surface area contributed by atoms with Crippen molar-refractivity contribution in [3.8, 4) is 33.4 Å². The molecule has 0 amide bonds. The van der Waals surface area contributed by atoms with Crippen LogP contribution in [0.15, 0.2) is 346 Å². The second-order valence-corrected chi connectivity index (χ2v) is 23.1. The van der Waals surface area contributed by atoms with Gasteiger partial charge in [0, 0.05) is 65.7 Å². The van der Waals surface area contributed by atoms with E-state index in [4.69, 9.17) is 0 Å². The van der Waals surface area contributed by atoms with Crippen LogP contribution in [0.2, 0.25) is 0 Å². The molecule has 0 saturated heterocycles. The van der Waals surface area contributed by atoms with E-state index in [9.17, 15) is 5.48 Å². The summed E-state index contributed by atoms with van der Waals surface area (Å²) in [6.07, 6.45) is 0. The molecule has 1 aliphatic rings. The highest BCUT2D eigenvalue weighted by atomic mass is 32.1. The lowest BCUT2D eigenvalue weighted by Gasteiger charge is -2.35. The van der Waals surface area contributed by atoms with Gasteiger partial charge in [-0.15, -0.1) is 11.3 Å². The third kappa shape index (κ3) is 8.88. The maximum Gasteiger partial charge on any atom is 0.0714 e. The molecule has 3 nitrogen and oxygen atoms in total. The van der Waals surface area contributed by atoms with Gasteiger partial charge in [-0.3, -0.25) is 0 Å². The van der Waals surface area contributed by atoms with Crippen molar-refractivity contribution in [2.75, 3.05) is 14.7 Å². The zero-order valence-electron chi connectivity index (χ0n) is 51.3. The van der Waals surface area contributed by atoms with Gasteiger partial charge < -0.3 is 14.7 Å². The number of hydrogen-bond acceptors (Lipinski definition) is 4. The van der Waals surface area contributed by atoms with Gasteiger partial charge in [0.15, 0.2) is 0 Å². The Kier molecular flexibility index (Phi) is 11.9. The molecule has 16 rings (SSSR count). The monoisotopic (exact) mass is 1130 g/mol. The van der Waals surface area contributed by atoms with Crippen molar-refractivity contribution >= 4 is 93.5 Å². The number of fused-ring (bicyclic) bond motifs is 8. The zero-order chi connectivity index (χ0) is 61.2. The van der Waals surface area contributed by atoms with Crippen LogP contribution in [0.1, 0.15) is 27.7 Å². The van der Waals surface area contributed by atoms with Crippen molar-refractivity contribution in [1.29, 1.82) is 0 Å². The molecule has 0 saturated carbocycles. The largest absolute Gasteiger partial charge is 0.310 e. The SMILES string of the molecule is [2H]c1c([2H])c(-c2cc3sc4cc(N(c5ccccc5)c5ccccc5)cc(N(c5ccccc5)c5ccccc5)c4c3c3ccccc23)c([2H])c(N(c2cccc(-c3ccccc3)c2)c2cccc(C3(c4ccccc4)c4ccccc4-c4ccccc43)c2)c1[2H]. The summed E-state index contributed by atoms with van der Waals surface area (Å²) in [5.41, 5.74) is 16.6. The summed E-state index contributed by atoms with van der Waals surface area (Å²) < 4.78 is 43.0. The van der Waals surface area contributed by atoms with Crippen LogP contribution >= 0.6 is 11.3 Å². The molecule has 4 heteroatoms. The molecule has 15 aromatic rings. The standard InChI is InChI=1S/C83H57N3S/c1-7-28-58(29-8-1)59-30-25-43-67(52-59)85(69-45-27-34-62(54-69)83(61-32-9-2-10-33-61)76-50-23-21-47-72(76)73-48-22-24-51-77(73)83)68-44-26-31-60(53-68)75-57-80-81(74-49-20-19-46-71(74)75)82-78(86(65-39-15-5-16-40-65)66-41-17-6-18-42-66)55-70(56-79(82)87-80)84(63-35-11-3-12-36-63)64-37-13-4-14-38-64/h1-57H/i26D,31D,44D,53D. The molecule has 87 heavy (non-hydrogen) atoms. The van der Waals surface area contributed by atoms with Gasteiger partial charge in [-0.2, -0.15) is 0 Å². The van der Waals surface area contributed by atoms with Crippen LogP contribution < -0.4 is 14.7 Å². The predicted molar refractivity (Wildman–Crippen MR) is 369 cm³/mol. The molecule has 0 bridgehead atoms. The Labute approximate surface area is 517 Å². The Morgan fingerprint density at radius 1 is 0.287 bits per heavy atom. The quantitative estimate of drug-likeness (QED) is 0.114. The summed E-state index contributed by atoms with van der Waals surface area (Å²) in [5, 5.41) is 3.89. The molecule has 1 aliphatic carbocycles. The average molecular weight is 1130 g/mol. The van der Waals surface area contributed by atoms with Gasteiger partial charge in [0.25, 0.3) is 0 Å². The van der Waals surface area contributed by atoms with E-state index in [0.717, 1.165) is 87.3 Å². The van der Waals surface area contributed by atoms with E-state index in [0.29, 0.717) is 16.9 Å². The van der Waals surface area contributed by atoms with Gasteiger partial charge in [-0.1, -0.05) is 243 Å². The first-order chi connectivity index (χ1) is 44.8. The van der Waals surface area contributed by atoms with E-state index in [2.05, 4.69) is 283 Å². The number of nitrogens with zero attached hydrogens (tertiary/aromatic N) is 3. The lowest BCUT2D eigenvalue weighted by molar-refractivity contribution is 0.768. The average Bonchev–Trinajstić information content (AvgIpc) is 1.59. The highest BCUT2D eigenvalue weighted by Crippen LogP contribution is 2.57. The van der Waals surface area contributed by atoms with E-state index in [1.165, 1.54) is 22.3 Å². The van der Waals surface area contributed by atoms with Crippen molar-refractivity contribution in [2.24, 2.45) is 0 Å². The van der Waals surface area contributed by atoms with Crippen molar-refractivity contribution in [2.45, 2.75) is 5.41 Å². The highest BCUT2D eigenvalue weighted by molar-refractivity contribution is 7.26. The van der Waals surface area contributed by atoms with E-state index in [1.807, 2.05) is 53.4 Å². The molecule has 0 N–H and O–H groups in total. The van der Waals surface area contributed by atoms with Crippen molar-refractivity contribution in [1.82, 2.24) is 0 Å². The second-order valence-electron chi connectivity index (χ2n) is 22.0. The first kappa shape index (κ1) is 47.3. The van der Waals surface area contributed by atoms with Gasteiger partial charge in [0.2, 0.25) is 0 Å². The molecule has 0 atom stereocenters. The van der Waals surface area contributed by atoms with Gasteiger partial charge in [-0.25, -0.2) is 0 Å². The number of hydrogen-bond donors (Lipinski definition) is 0. The van der Waals surface area contributed by atoms with E-state index in [-0.39, 0.29) is 35.4 Å². The Bertz CT molecular complexity index is 5120. The smallest absolute Gasteiger partial charge is 0.0714 e. The van der Waals surface area contributed by atoms with Crippen LogP contribution in [0.3, 0.4) is 0 Å². The third-order valence-electron chi connectivity index (χ3n) is 17.1. The number of benzene rings is 14. The molecule has 0 unspecified atom stereocenters. The van der Waals surface area contributed by atoms with Crippen molar-refractivity contribution in [3.63, 3.8) is 0 Å². The Balaban J connectivity index is 0.961. The fourth-order valence-corrected chi connectivity index (χ4v) is 14.7. The zero-order valence-corrected chi connectivity index (χ0v) is 48.2. The lowest BCUT2D eigenvalue weighted by atomic mass is 9.67. The van der Waals surface area contributed by atoms with Crippen LogP contribution in [0, 0.1) is 0 Å². The minimum Gasteiger partial charge on any atom is -0.310 e. The summed E-state index contributed by atoms with van der Waals surface area (Å²) in [7, 11) is 0. The molecule has 1 heterocycles. The van der Waals surface area contributed by atoms with Crippen LogP contribution in [-0.4, -0.2) is 0 Å². The maximum atomic E-state index is 10.8. The first-order valence-corrected chi connectivity index (χ1v) is 30.3.